The quantitative estimate of drug-likeness (QED) is 0.872. The number of amides is 2. The highest BCUT2D eigenvalue weighted by molar-refractivity contribution is 5.92. The second-order valence-electron chi connectivity index (χ2n) is 7.00. The van der Waals surface area contributed by atoms with Crippen LogP contribution in [0.4, 0.5) is 10.1 Å². The Kier molecular flexibility index (Phi) is 6.22. The van der Waals surface area contributed by atoms with E-state index in [1.54, 1.807) is 17.0 Å². The summed E-state index contributed by atoms with van der Waals surface area (Å²) in [7, 11) is 0. The average Bonchev–Trinajstić information content (AvgIpc) is 2.70. The van der Waals surface area contributed by atoms with Gasteiger partial charge in [0.25, 0.3) is 0 Å². The summed E-state index contributed by atoms with van der Waals surface area (Å²) in [6.07, 6.45) is 2.56. The first-order chi connectivity index (χ1) is 13.0. The summed E-state index contributed by atoms with van der Waals surface area (Å²) in [5, 5.41) is 2.97. The summed E-state index contributed by atoms with van der Waals surface area (Å²) < 4.78 is 13.0. The van der Waals surface area contributed by atoms with Gasteiger partial charge in [0.15, 0.2) is 0 Å². The molecule has 0 saturated carbocycles. The molecule has 27 heavy (non-hydrogen) atoms. The molecule has 0 bridgehead atoms. The molecule has 2 aromatic rings. The Morgan fingerprint density at radius 1 is 1.00 bits per heavy atom. The molecule has 142 valence electrons. The third-order valence-corrected chi connectivity index (χ3v) is 5.12. The van der Waals surface area contributed by atoms with Crippen LogP contribution in [0.25, 0.3) is 0 Å². The van der Waals surface area contributed by atoms with Gasteiger partial charge in [0, 0.05) is 24.7 Å². The molecule has 0 aromatic heterocycles. The van der Waals surface area contributed by atoms with Crippen molar-refractivity contribution in [1.29, 1.82) is 0 Å². The van der Waals surface area contributed by atoms with Crippen LogP contribution < -0.4 is 5.32 Å². The molecule has 0 aliphatic carbocycles. The molecule has 3 rings (SSSR count). The van der Waals surface area contributed by atoms with E-state index in [0.717, 1.165) is 17.7 Å². The van der Waals surface area contributed by atoms with E-state index in [1.165, 1.54) is 17.7 Å². The smallest absolute Gasteiger partial charge is 0.227 e. The molecule has 0 unspecified atom stereocenters. The van der Waals surface area contributed by atoms with Gasteiger partial charge in [-0.05, 0) is 54.7 Å². The molecular weight excluding hydrogens is 343 g/mol. The predicted octanol–water partition coefficient (Wildman–Crippen LogP) is 3.81. The maximum Gasteiger partial charge on any atom is 0.227 e. The summed E-state index contributed by atoms with van der Waals surface area (Å²) in [5.74, 6) is -0.339. The number of rotatable bonds is 5. The van der Waals surface area contributed by atoms with E-state index in [2.05, 4.69) is 12.2 Å². The van der Waals surface area contributed by atoms with Crippen LogP contribution in [0.3, 0.4) is 0 Å². The van der Waals surface area contributed by atoms with Crippen molar-refractivity contribution >= 4 is 17.5 Å². The van der Waals surface area contributed by atoms with Crippen LogP contribution in [0.5, 0.6) is 0 Å². The van der Waals surface area contributed by atoms with Gasteiger partial charge in [-0.15, -0.1) is 0 Å². The number of nitrogens with one attached hydrogen (secondary N) is 1. The molecule has 0 atom stereocenters. The van der Waals surface area contributed by atoms with Crippen molar-refractivity contribution in [1.82, 2.24) is 4.90 Å². The maximum absolute atomic E-state index is 13.0. The van der Waals surface area contributed by atoms with E-state index in [0.29, 0.717) is 25.9 Å². The molecule has 1 aliphatic rings. The highest BCUT2D eigenvalue weighted by atomic mass is 19.1. The van der Waals surface area contributed by atoms with Gasteiger partial charge in [0.1, 0.15) is 5.82 Å². The minimum Gasteiger partial charge on any atom is -0.342 e. The fraction of sp³-hybridized carbons (Fsp3) is 0.364. The second kappa shape index (κ2) is 8.80. The van der Waals surface area contributed by atoms with Crippen LogP contribution in [0.15, 0.2) is 48.5 Å². The first-order valence-corrected chi connectivity index (χ1v) is 9.47. The van der Waals surface area contributed by atoms with E-state index in [1.807, 2.05) is 24.3 Å². The molecule has 0 spiro atoms. The first-order valence-electron chi connectivity index (χ1n) is 9.47. The molecule has 1 saturated heterocycles. The fourth-order valence-electron chi connectivity index (χ4n) is 3.35. The van der Waals surface area contributed by atoms with E-state index >= 15 is 0 Å². The first kappa shape index (κ1) is 19.1. The lowest BCUT2D eigenvalue weighted by molar-refractivity contribution is -0.133. The molecule has 1 aliphatic heterocycles. The monoisotopic (exact) mass is 368 g/mol. The minimum atomic E-state index is -0.303. The van der Waals surface area contributed by atoms with Crippen molar-refractivity contribution in [2.24, 2.45) is 5.92 Å². The Balaban J connectivity index is 1.47. The number of carbonyl (C=O) groups is 2. The molecule has 5 heteroatoms. The molecule has 1 heterocycles. The Morgan fingerprint density at radius 3 is 2.19 bits per heavy atom. The molecule has 4 nitrogen and oxygen atoms in total. The lowest BCUT2D eigenvalue weighted by atomic mass is 9.95. The zero-order valence-electron chi connectivity index (χ0n) is 15.6. The predicted molar refractivity (Wildman–Crippen MR) is 104 cm³/mol. The number of hydrogen-bond donors (Lipinski definition) is 1. The van der Waals surface area contributed by atoms with Crippen molar-refractivity contribution in [3.8, 4) is 0 Å². The average molecular weight is 368 g/mol. The van der Waals surface area contributed by atoms with Gasteiger partial charge in [0.05, 0.1) is 6.42 Å². The number of benzene rings is 2. The van der Waals surface area contributed by atoms with Crippen molar-refractivity contribution in [3.63, 3.8) is 0 Å². The minimum absolute atomic E-state index is 0.0184. The number of hydrogen-bond acceptors (Lipinski definition) is 2. The van der Waals surface area contributed by atoms with Gasteiger partial charge in [-0.2, -0.15) is 0 Å². The van der Waals surface area contributed by atoms with Gasteiger partial charge in [-0.25, -0.2) is 4.39 Å². The van der Waals surface area contributed by atoms with Crippen molar-refractivity contribution in [2.75, 3.05) is 18.4 Å². The van der Waals surface area contributed by atoms with E-state index < -0.39 is 0 Å². The molecule has 1 fully saturated rings. The third-order valence-electron chi connectivity index (χ3n) is 5.12. The van der Waals surface area contributed by atoms with Crippen molar-refractivity contribution < 1.29 is 14.0 Å². The van der Waals surface area contributed by atoms with Crippen LogP contribution in [-0.4, -0.2) is 29.8 Å². The lowest BCUT2D eigenvalue weighted by Gasteiger charge is -2.31. The second-order valence-corrected chi connectivity index (χ2v) is 7.00. The fourth-order valence-corrected chi connectivity index (χ4v) is 3.35. The largest absolute Gasteiger partial charge is 0.342 e. The zero-order valence-corrected chi connectivity index (χ0v) is 15.6. The van der Waals surface area contributed by atoms with E-state index in [4.69, 9.17) is 0 Å². The van der Waals surface area contributed by atoms with Crippen LogP contribution >= 0.6 is 0 Å². The van der Waals surface area contributed by atoms with Gasteiger partial charge < -0.3 is 10.2 Å². The number of nitrogens with zero attached hydrogens (tertiary/aromatic N) is 1. The Bertz CT molecular complexity index is 779. The van der Waals surface area contributed by atoms with E-state index in [-0.39, 0.29) is 30.0 Å². The molecule has 2 amide bonds. The highest BCUT2D eigenvalue weighted by Crippen LogP contribution is 2.21. The summed E-state index contributed by atoms with van der Waals surface area (Å²) in [6.45, 7) is 3.25. The molecule has 1 N–H and O–H groups in total. The lowest BCUT2D eigenvalue weighted by Crippen LogP contribution is -2.42. The van der Waals surface area contributed by atoms with Gasteiger partial charge in [-0.1, -0.05) is 31.2 Å². The van der Waals surface area contributed by atoms with Crippen LogP contribution in [-0.2, 0) is 22.4 Å². The summed E-state index contributed by atoms with van der Waals surface area (Å²) >= 11 is 0. The van der Waals surface area contributed by atoms with Gasteiger partial charge in [0.2, 0.25) is 11.8 Å². The normalized spacial score (nSPS) is 14.8. The van der Waals surface area contributed by atoms with Gasteiger partial charge in [-0.3, -0.25) is 9.59 Å². The number of likely N-dealkylation sites (tertiary alicyclic amines) is 1. The van der Waals surface area contributed by atoms with Crippen molar-refractivity contribution in [3.05, 3.63) is 65.5 Å². The summed E-state index contributed by atoms with van der Waals surface area (Å²) in [4.78, 5) is 26.7. The Labute approximate surface area is 159 Å². The Hall–Kier alpha value is -2.69. The number of aryl methyl sites for hydroxylation is 1. The van der Waals surface area contributed by atoms with Crippen LogP contribution in [0.2, 0.25) is 0 Å². The number of piperidine rings is 1. The zero-order chi connectivity index (χ0) is 19.2. The molecular formula is C22H25FN2O2. The number of carbonyl (C=O) groups excluding carboxylic acids is 2. The van der Waals surface area contributed by atoms with Crippen LogP contribution in [0.1, 0.15) is 30.9 Å². The van der Waals surface area contributed by atoms with E-state index in [9.17, 15) is 14.0 Å². The molecule has 2 aromatic carbocycles. The summed E-state index contributed by atoms with van der Waals surface area (Å²) in [5.41, 5.74) is 2.85. The number of halogens is 1. The maximum atomic E-state index is 13.0. The molecule has 0 radical (unpaired) electrons. The third kappa shape index (κ3) is 5.16. The number of anilines is 1. The summed E-state index contributed by atoms with van der Waals surface area (Å²) in [6, 6.07) is 13.9. The van der Waals surface area contributed by atoms with Crippen LogP contribution in [0, 0.1) is 11.7 Å². The van der Waals surface area contributed by atoms with Gasteiger partial charge >= 0.3 is 0 Å². The Morgan fingerprint density at radius 2 is 1.59 bits per heavy atom. The highest BCUT2D eigenvalue weighted by Gasteiger charge is 2.27. The van der Waals surface area contributed by atoms with Crippen molar-refractivity contribution in [2.45, 2.75) is 32.6 Å². The standard InChI is InChI=1S/C22H25FN2O2/c1-2-16-5-9-20(10-6-16)24-22(27)18-11-13-25(14-12-18)21(26)15-17-3-7-19(23)8-4-17/h3-10,18H,2,11-15H2,1H3,(H,24,27). The SMILES string of the molecule is CCc1ccc(NC(=O)C2CCN(C(=O)Cc3ccc(F)cc3)CC2)cc1. The topological polar surface area (TPSA) is 49.4 Å².